The first kappa shape index (κ1) is 30.6. The average molecular weight is 669 g/mol. The summed E-state index contributed by atoms with van der Waals surface area (Å²) in [5.74, 6) is 0. The van der Waals surface area contributed by atoms with Crippen molar-refractivity contribution in [1.29, 1.82) is 0 Å². The number of fused-ring (bicyclic) bond motifs is 2. The van der Waals surface area contributed by atoms with Gasteiger partial charge in [-0.1, -0.05) is 0 Å². The van der Waals surface area contributed by atoms with Crippen LogP contribution in [0.1, 0.15) is 109 Å². The first-order chi connectivity index (χ1) is 18.6. The third-order valence-corrected chi connectivity index (χ3v) is 41.5. The van der Waals surface area contributed by atoms with Crippen LogP contribution >= 0.6 is 0 Å². The number of benzene rings is 2. The molecule has 0 saturated carbocycles. The van der Waals surface area contributed by atoms with Crippen LogP contribution in [0.2, 0.25) is 24.8 Å². The zero-order valence-corrected chi connectivity index (χ0v) is 29.9. The van der Waals surface area contributed by atoms with Crippen LogP contribution in [-0.2, 0) is 40.5 Å². The predicted octanol–water partition coefficient (Wildman–Crippen LogP) is 12.5. The molecule has 0 nitrogen and oxygen atoms in total. The zero-order valence-electron chi connectivity index (χ0n) is 25.0. The van der Waals surface area contributed by atoms with E-state index in [4.69, 9.17) is 0 Å². The molecule has 2 aromatic rings. The molecule has 2 aliphatic carbocycles. The van der Waals surface area contributed by atoms with Gasteiger partial charge in [-0.15, -0.1) is 0 Å². The molecule has 2 unspecified atom stereocenters. The van der Waals surface area contributed by atoms with Crippen LogP contribution < -0.4 is 0 Å². The van der Waals surface area contributed by atoms with Crippen molar-refractivity contribution < 1.29 is 40.5 Å². The summed E-state index contributed by atoms with van der Waals surface area (Å²) in [5.41, 5.74) is 6.49. The second-order valence-electron chi connectivity index (χ2n) is 12.6. The predicted molar refractivity (Wildman–Crippen MR) is 165 cm³/mol. The van der Waals surface area contributed by atoms with Crippen LogP contribution in [0.5, 0.6) is 0 Å². The van der Waals surface area contributed by atoms with Crippen molar-refractivity contribution in [3.63, 3.8) is 0 Å². The minimum absolute atomic E-state index is 0.811. The van der Waals surface area contributed by atoms with E-state index < -0.39 is 40.5 Å². The van der Waals surface area contributed by atoms with Crippen molar-refractivity contribution in [2.75, 3.05) is 0 Å². The number of unbranched alkanes of at least 4 members (excludes halogenated alkanes) is 4. The second kappa shape index (κ2) is 15.1. The third kappa shape index (κ3) is 6.93. The first-order valence-corrected chi connectivity index (χ1v) is 29.4. The van der Waals surface area contributed by atoms with Crippen LogP contribution in [-0.4, -0.2) is 0 Å². The number of hydrogen-bond donors (Lipinski definition) is 0. The quantitative estimate of drug-likeness (QED) is 0.157. The Labute approximate surface area is 244 Å². The summed E-state index contributed by atoms with van der Waals surface area (Å²) in [7, 11) is 0. The summed E-state index contributed by atoms with van der Waals surface area (Å²) in [6.45, 7) is 9.73. The van der Waals surface area contributed by atoms with Crippen LogP contribution in [0.25, 0.3) is 12.2 Å². The van der Waals surface area contributed by atoms with Crippen LogP contribution in [0, 0.1) is 0 Å². The number of hydrogen-bond acceptors (Lipinski definition) is 0. The van der Waals surface area contributed by atoms with E-state index in [2.05, 4.69) is 101 Å². The molecule has 0 N–H and O–H groups in total. The standard InChI is InChI=1S/2C9H7.4C4H9.C2H4.2Zr/c2*1-2-5-9-7-3-6-8(9)4-1;4*1-3-4-2;1-2;;/h2*1-7H;4*1,3-4H2,2H3;1-2H2;;. The van der Waals surface area contributed by atoms with Gasteiger partial charge in [0.2, 0.25) is 0 Å². The van der Waals surface area contributed by atoms with Crippen molar-refractivity contribution in [2.45, 2.75) is 111 Å². The van der Waals surface area contributed by atoms with Crippen molar-refractivity contribution in [3.8, 4) is 0 Å². The molecular formula is C36H54Zr2. The number of rotatable bonds is 17. The van der Waals surface area contributed by atoms with Gasteiger partial charge in [0.1, 0.15) is 0 Å². The van der Waals surface area contributed by atoms with Gasteiger partial charge in [0.05, 0.1) is 0 Å². The molecule has 2 heteroatoms. The molecular weight excluding hydrogens is 615 g/mol. The first-order valence-electron chi connectivity index (χ1n) is 16.2. The molecule has 0 spiro atoms. The van der Waals surface area contributed by atoms with Gasteiger partial charge in [0.15, 0.2) is 0 Å². The summed E-state index contributed by atoms with van der Waals surface area (Å²) < 4.78 is 11.4. The van der Waals surface area contributed by atoms with E-state index in [0.717, 1.165) is 7.25 Å². The van der Waals surface area contributed by atoms with E-state index in [-0.39, 0.29) is 0 Å². The molecule has 0 bridgehead atoms. The Hall–Kier alpha value is -0.314. The van der Waals surface area contributed by atoms with Crippen molar-refractivity contribution >= 4 is 12.2 Å². The molecule has 0 saturated heterocycles. The summed E-state index contributed by atoms with van der Waals surface area (Å²) >= 11 is -5.10. The fourth-order valence-corrected chi connectivity index (χ4v) is 50.5. The summed E-state index contributed by atoms with van der Waals surface area (Å²) in [6.07, 6.45) is 21.7. The maximum absolute atomic E-state index is 2.71. The number of allylic oxidation sites excluding steroid dienone is 2. The molecule has 2 atom stereocenters. The Kier molecular flexibility index (Phi) is 12.1. The van der Waals surface area contributed by atoms with Gasteiger partial charge in [0, 0.05) is 0 Å². The van der Waals surface area contributed by atoms with Gasteiger partial charge in [-0.05, 0) is 0 Å². The molecule has 0 aliphatic heterocycles. The topological polar surface area (TPSA) is 0 Å². The van der Waals surface area contributed by atoms with Gasteiger partial charge in [0.25, 0.3) is 0 Å². The molecule has 0 radical (unpaired) electrons. The molecule has 4 rings (SSSR count). The molecule has 38 heavy (non-hydrogen) atoms. The van der Waals surface area contributed by atoms with Gasteiger partial charge in [-0.3, -0.25) is 0 Å². The maximum atomic E-state index is 2.71. The van der Waals surface area contributed by atoms with E-state index in [1.54, 1.807) is 35.9 Å². The van der Waals surface area contributed by atoms with E-state index >= 15 is 0 Å². The van der Waals surface area contributed by atoms with Gasteiger partial charge in [-0.25, -0.2) is 0 Å². The van der Waals surface area contributed by atoms with Crippen molar-refractivity contribution in [1.82, 2.24) is 0 Å². The fourth-order valence-electron chi connectivity index (χ4n) is 7.86. The van der Waals surface area contributed by atoms with E-state index in [1.807, 2.05) is 0 Å². The second-order valence-corrected chi connectivity index (χ2v) is 36.4. The average Bonchev–Trinajstić information content (AvgIpc) is 3.59. The fraction of sp³-hybridized carbons (Fsp3) is 0.556. The Balaban J connectivity index is 1.73. The molecule has 2 aromatic carbocycles. The van der Waals surface area contributed by atoms with E-state index in [1.165, 1.54) is 62.5 Å². The van der Waals surface area contributed by atoms with Gasteiger partial charge >= 0.3 is 247 Å². The molecule has 0 amide bonds. The Morgan fingerprint density at radius 3 is 1.16 bits per heavy atom. The monoisotopic (exact) mass is 666 g/mol. The zero-order chi connectivity index (χ0) is 26.8. The molecule has 0 fully saturated rings. The van der Waals surface area contributed by atoms with E-state index in [0.29, 0.717) is 0 Å². The van der Waals surface area contributed by atoms with Crippen molar-refractivity contribution in [2.24, 2.45) is 0 Å². The Morgan fingerprint density at radius 1 is 0.474 bits per heavy atom. The van der Waals surface area contributed by atoms with Crippen LogP contribution in [0.4, 0.5) is 0 Å². The molecule has 206 valence electrons. The molecule has 0 heterocycles. The molecule has 2 aliphatic rings. The Bertz CT molecular complexity index is 963. The van der Waals surface area contributed by atoms with Gasteiger partial charge < -0.3 is 0 Å². The third-order valence-electron chi connectivity index (χ3n) is 10.2. The Morgan fingerprint density at radius 2 is 0.816 bits per heavy atom. The summed E-state index contributed by atoms with van der Waals surface area (Å²) in [4.78, 5) is 0. The van der Waals surface area contributed by atoms with Crippen molar-refractivity contribution in [3.05, 3.63) is 82.9 Å². The van der Waals surface area contributed by atoms with E-state index in [9.17, 15) is 0 Å². The van der Waals surface area contributed by atoms with Gasteiger partial charge in [-0.2, -0.15) is 0 Å². The normalized spacial score (nSPS) is 18.2. The summed E-state index contributed by atoms with van der Waals surface area (Å²) in [5, 5.41) is 0. The SMILES string of the molecule is CCC[CH2][Zr]([CH2]CCC)([CH2][CH2][Zr]([CH2]CCC)([CH2]CCC)[CH]1C=Cc2ccccc21)[CH]1C=Cc2ccccc21. The minimum atomic E-state index is -2.55. The summed E-state index contributed by atoms with van der Waals surface area (Å²) in [6, 6.07) is 18.9. The van der Waals surface area contributed by atoms with Crippen LogP contribution in [0.15, 0.2) is 60.7 Å². The molecule has 0 aromatic heterocycles. The van der Waals surface area contributed by atoms with Crippen LogP contribution in [0.3, 0.4) is 0 Å².